The Hall–Kier alpha value is -3.97. The van der Waals surface area contributed by atoms with Gasteiger partial charge in [-0.15, -0.1) is 0 Å². The van der Waals surface area contributed by atoms with Gasteiger partial charge in [0, 0.05) is 30.3 Å². The number of anilines is 2. The Morgan fingerprint density at radius 2 is 1.81 bits per heavy atom. The Kier molecular flexibility index (Phi) is 6.57. The van der Waals surface area contributed by atoms with E-state index in [-0.39, 0.29) is 17.7 Å². The van der Waals surface area contributed by atoms with Crippen molar-refractivity contribution in [3.05, 3.63) is 94.8 Å². The second-order valence-electron chi connectivity index (χ2n) is 9.65. The Morgan fingerprint density at radius 3 is 2.53 bits per heavy atom. The summed E-state index contributed by atoms with van der Waals surface area (Å²) in [6.45, 7) is 1.24. The molecule has 0 atom stereocenters. The molecule has 0 aromatic heterocycles. The van der Waals surface area contributed by atoms with Crippen LogP contribution in [0.4, 0.5) is 15.8 Å². The highest BCUT2D eigenvalue weighted by Crippen LogP contribution is 2.38. The molecule has 3 N–H and O–H groups in total. The Bertz CT molecular complexity index is 1340. The first-order valence-electron chi connectivity index (χ1n) is 12.1. The second-order valence-corrected chi connectivity index (χ2v) is 9.65. The van der Waals surface area contributed by atoms with E-state index in [2.05, 4.69) is 20.9 Å². The third-order valence-corrected chi connectivity index (χ3v) is 6.33. The van der Waals surface area contributed by atoms with Gasteiger partial charge in [0.15, 0.2) is 0 Å². The van der Waals surface area contributed by atoms with Crippen molar-refractivity contribution in [2.24, 2.45) is 5.92 Å². The van der Waals surface area contributed by atoms with Crippen molar-refractivity contribution in [1.82, 2.24) is 10.2 Å². The zero-order chi connectivity index (χ0) is 25.2. The second kappa shape index (κ2) is 9.95. The van der Waals surface area contributed by atoms with E-state index in [0.717, 1.165) is 36.2 Å². The monoisotopic (exact) mass is 484 g/mol. The standard InChI is InChI=1S/C29H29FN4O2/c1-34(2)17-18-6-11-23(12-7-18)32-27(26-24-13-10-22(30)15-25(24)33-29(26)36)21-5-3-4-19(14-21)16-31-28(35)20-8-9-20/h3-7,10-15,20,32H,8-9,16-17H2,1-2H3,(H,31,35)(H,33,36)/b27-26-. The average Bonchev–Trinajstić information content (AvgIpc) is 3.65. The molecule has 0 unspecified atom stereocenters. The fourth-order valence-electron chi connectivity index (χ4n) is 4.39. The first-order valence-corrected chi connectivity index (χ1v) is 12.1. The minimum Gasteiger partial charge on any atom is -0.354 e. The van der Waals surface area contributed by atoms with Crippen molar-refractivity contribution >= 4 is 34.5 Å². The first-order chi connectivity index (χ1) is 17.4. The van der Waals surface area contributed by atoms with Gasteiger partial charge in [-0.3, -0.25) is 9.59 Å². The fraction of sp³-hybridized carbons (Fsp3) is 0.241. The van der Waals surface area contributed by atoms with Crippen molar-refractivity contribution in [2.45, 2.75) is 25.9 Å². The van der Waals surface area contributed by atoms with Gasteiger partial charge in [-0.1, -0.05) is 30.3 Å². The lowest BCUT2D eigenvalue weighted by atomic mass is 9.98. The summed E-state index contributed by atoms with van der Waals surface area (Å²) in [6.07, 6.45) is 1.91. The average molecular weight is 485 g/mol. The number of nitrogens with one attached hydrogen (secondary N) is 3. The zero-order valence-electron chi connectivity index (χ0n) is 20.4. The van der Waals surface area contributed by atoms with Crippen LogP contribution < -0.4 is 16.0 Å². The highest BCUT2D eigenvalue weighted by molar-refractivity contribution is 6.37. The van der Waals surface area contributed by atoms with Gasteiger partial charge in [-0.2, -0.15) is 0 Å². The van der Waals surface area contributed by atoms with E-state index in [1.165, 1.54) is 17.7 Å². The molecule has 36 heavy (non-hydrogen) atoms. The number of hydrogen-bond acceptors (Lipinski definition) is 4. The van der Waals surface area contributed by atoms with Gasteiger partial charge in [0.25, 0.3) is 5.91 Å². The molecular weight excluding hydrogens is 455 g/mol. The van der Waals surface area contributed by atoms with Crippen LogP contribution in [0.1, 0.15) is 35.1 Å². The lowest BCUT2D eigenvalue weighted by Crippen LogP contribution is -2.24. The number of carbonyl (C=O) groups is 2. The maximum Gasteiger partial charge on any atom is 0.258 e. The van der Waals surface area contributed by atoms with Crippen LogP contribution in [-0.4, -0.2) is 30.8 Å². The van der Waals surface area contributed by atoms with Crippen LogP contribution in [0.15, 0.2) is 66.7 Å². The maximum atomic E-state index is 13.9. The van der Waals surface area contributed by atoms with Crippen LogP contribution in [0.3, 0.4) is 0 Å². The van der Waals surface area contributed by atoms with E-state index in [9.17, 15) is 14.0 Å². The number of hydrogen-bond donors (Lipinski definition) is 3. The predicted octanol–water partition coefficient (Wildman–Crippen LogP) is 4.85. The molecule has 6 nitrogen and oxygen atoms in total. The van der Waals surface area contributed by atoms with Crippen LogP contribution in [0, 0.1) is 11.7 Å². The zero-order valence-corrected chi connectivity index (χ0v) is 20.4. The summed E-state index contributed by atoms with van der Waals surface area (Å²) in [7, 11) is 4.04. The van der Waals surface area contributed by atoms with Crippen LogP contribution in [-0.2, 0) is 22.7 Å². The number of nitrogens with zero attached hydrogens (tertiary/aromatic N) is 1. The molecular formula is C29H29FN4O2. The summed E-state index contributed by atoms with van der Waals surface area (Å²) in [5.74, 6) is -0.479. The van der Waals surface area contributed by atoms with Crippen molar-refractivity contribution < 1.29 is 14.0 Å². The van der Waals surface area contributed by atoms with Gasteiger partial charge >= 0.3 is 0 Å². The Labute approximate surface area is 210 Å². The normalized spacial score (nSPS) is 15.9. The molecule has 7 heteroatoms. The van der Waals surface area contributed by atoms with Crippen LogP contribution in [0.25, 0.3) is 11.3 Å². The van der Waals surface area contributed by atoms with E-state index in [0.29, 0.717) is 29.1 Å². The topological polar surface area (TPSA) is 73.5 Å². The molecule has 1 fully saturated rings. The van der Waals surface area contributed by atoms with Crippen molar-refractivity contribution in [2.75, 3.05) is 24.7 Å². The van der Waals surface area contributed by atoms with Crippen molar-refractivity contribution in [1.29, 1.82) is 0 Å². The molecule has 1 aliphatic heterocycles. The molecule has 3 aromatic carbocycles. The van der Waals surface area contributed by atoms with E-state index < -0.39 is 5.82 Å². The molecule has 1 aliphatic carbocycles. The number of amides is 2. The van der Waals surface area contributed by atoms with Crippen LogP contribution >= 0.6 is 0 Å². The van der Waals surface area contributed by atoms with Gasteiger partial charge in [0.05, 0.1) is 17.0 Å². The molecule has 2 amide bonds. The van der Waals surface area contributed by atoms with E-state index in [1.54, 1.807) is 6.07 Å². The summed E-state index contributed by atoms with van der Waals surface area (Å²) < 4.78 is 13.9. The first kappa shape index (κ1) is 23.8. The molecule has 5 rings (SSSR count). The molecule has 1 heterocycles. The number of carbonyl (C=O) groups excluding carboxylic acids is 2. The number of fused-ring (bicyclic) bond motifs is 1. The van der Waals surface area contributed by atoms with Crippen LogP contribution in [0.2, 0.25) is 0 Å². The highest BCUT2D eigenvalue weighted by atomic mass is 19.1. The van der Waals surface area contributed by atoms with Crippen molar-refractivity contribution in [3.8, 4) is 0 Å². The minimum absolute atomic E-state index is 0.0843. The largest absolute Gasteiger partial charge is 0.354 e. The third-order valence-electron chi connectivity index (χ3n) is 6.33. The summed E-state index contributed by atoms with van der Waals surface area (Å²) in [4.78, 5) is 27.3. The van der Waals surface area contributed by atoms with Gasteiger partial charge < -0.3 is 20.9 Å². The lowest BCUT2D eigenvalue weighted by molar-refractivity contribution is -0.122. The van der Waals surface area contributed by atoms with Gasteiger partial charge in [0.2, 0.25) is 5.91 Å². The van der Waals surface area contributed by atoms with Gasteiger partial charge in [0.1, 0.15) is 5.82 Å². The Morgan fingerprint density at radius 1 is 1.03 bits per heavy atom. The lowest BCUT2D eigenvalue weighted by Gasteiger charge is -2.17. The summed E-state index contributed by atoms with van der Waals surface area (Å²) >= 11 is 0. The minimum atomic E-state index is -0.408. The molecule has 0 radical (unpaired) electrons. The number of benzene rings is 3. The quantitative estimate of drug-likeness (QED) is 0.400. The molecule has 0 bridgehead atoms. The highest BCUT2D eigenvalue weighted by Gasteiger charge is 2.30. The van der Waals surface area contributed by atoms with E-state index in [1.807, 2.05) is 62.6 Å². The molecule has 184 valence electrons. The van der Waals surface area contributed by atoms with Crippen LogP contribution in [0.5, 0.6) is 0 Å². The van der Waals surface area contributed by atoms with E-state index >= 15 is 0 Å². The number of halogens is 1. The smallest absolute Gasteiger partial charge is 0.258 e. The van der Waals surface area contributed by atoms with E-state index in [4.69, 9.17) is 0 Å². The third kappa shape index (κ3) is 5.31. The summed E-state index contributed by atoms with van der Waals surface area (Å²) in [5.41, 5.74) is 5.89. The summed E-state index contributed by atoms with van der Waals surface area (Å²) in [6, 6.07) is 20.1. The molecule has 3 aromatic rings. The Balaban J connectivity index is 1.52. The van der Waals surface area contributed by atoms with Gasteiger partial charge in [-0.25, -0.2) is 4.39 Å². The predicted molar refractivity (Wildman–Crippen MR) is 140 cm³/mol. The van der Waals surface area contributed by atoms with Crippen molar-refractivity contribution in [3.63, 3.8) is 0 Å². The SMILES string of the molecule is CN(C)Cc1ccc(N/C(=C2\C(=O)Nc3cc(F)ccc32)c2cccc(CNC(=O)C3CC3)c2)cc1. The molecule has 0 saturated heterocycles. The summed E-state index contributed by atoms with van der Waals surface area (Å²) in [5, 5.41) is 9.24. The molecule has 2 aliphatic rings. The van der Waals surface area contributed by atoms with Gasteiger partial charge in [-0.05, 0) is 80.0 Å². The maximum absolute atomic E-state index is 13.9. The number of rotatable bonds is 8. The fourth-order valence-corrected chi connectivity index (χ4v) is 4.39. The molecule has 0 spiro atoms. The molecule has 1 saturated carbocycles.